The van der Waals surface area contributed by atoms with Crippen LogP contribution in [0.5, 0.6) is 5.75 Å². The SMILES string of the molecule is Cc1ccc(OCc2cc(Cl)ccn2)c([N+](=O)[O-])c1. The number of hydrogen-bond donors (Lipinski definition) is 0. The third-order valence-electron chi connectivity index (χ3n) is 2.47. The topological polar surface area (TPSA) is 65.3 Å². The van der Waals surface area contributed by atoms with Crippen molar-refractivity contribution in [2.45, 2.75) is 13.5 Å². The van der Waals surface area contributed by atoms with Gasteiger partial charge in [0.1, 0.15) is 6.61 Å². The molecule has 0 amide bonds. The molecule has 0 radical (unpaired) electrons. The van der Waals surface area contributed by atoms with Crippen LogP contribution in [0.4, 0.5) is 5.69 Å². The Morgan fingerprint density at radius 1 is 1.37 bits per heavy atom. The normalized spacial score (nSPS) is 10.2. The fourth-order valence-corrected chi connectivity index (χ4v) is 1.75. The van der Waals surface area contributed by atoms with Crippen LogP contribution < -0.4 is 4.74 Å². The van der Waals surface area contributed by atoms with Crippen LogP contribution in [0.1, 0.15) is 11.3 Å². The monoisotopic (exact) mass is 278 g/mol. The second-order valence-electron chi connectivity index (χ2n) is 3.98. The zero-order valence-electron chi connectivity index (χ0n) is 10.2. The number of benzene rings is 1. The van der Waals surface area contributed by atoms with Crippen LogP contribution in [0.25, 0.3) is 0 Å². The highest BCUT2D eigenvalue weighted by Gasteiger charge is 2.15. The molecule has 0 aliphatic carbocycles. The van der Waals surface area contributed by atoms with E-state index in [0.29, 0.717) is 10.7 Å². The van der Waals surface area contributed by atoms with Crippen LogP contribution in [0.2, 0.25) is 5.02 Å². The second kappa shape index (κ2) is 5.67. The number of aryl methyl sites for hydroxylation is 1. The van der Waals surface area contributed by atoms with Gasteiger partial charge in [-0.2, -0.15) is 0 Å². The summed E-state index contributed by atoms with van der Waals surface area (Å²) in [6, 6.07) is 8.12. The van der Waals surface area contributed by atoms with Gasteiger partial charge in [-0.1, -0.05) is 17.7 Å². The minimum atomic E-state index is -0.465. The Kier molecular flexibility index (Phi) is 3.97. The molecule has 0 unspecified atom stereocenters. The molecule has 0 saturated heterocycles. The van der Waals surface area contributed by atoms with E-state index in [-0.39, 0.29) is 18.0 Å². The molecule has 0 N–H and O–H groups in total. The first-order valence-corrected chi connectivity index (χ1v) is 5.92. The highest BCUT2D eigenvalue weighted by atomic mass is 35.5. The van der Waals surface area contributed by atoms with Gasteiger partial charge in [-0.25, -0.2) is 0 Å². The van der Waals surface area contributed by atoms with E-state index in [4.69, 9.17) is 16.3 Å². The van der Waals surface area contributed by atoms with Crippen LogP contribution in [0.3, 0.4) is 0 Å². The Hall–Kier alpha value is -2.14. The summed E-state index contributed by atoms with van der Waals surface area (Å²) in [5, 5.41) is 11.5. The molecule has 19 heavy (non-hydrogen) atoms. The van der Waals surface area contributed by atoms with E-state index < -0.39 is 4.92 Å². The molecule has 6 heteroatoms. The lowest BCUT2D eigenvalue weighted by Gasteiger charge is -2.07. The Labute approximate surface area is 115 Å². The molecule has 0 spiro atoms. The first kappa shape index (κ1) is 13.3. The fourth-order valence-electron chi connectivity index (χ4n) is 1.57. The van der Waals surface area contributed by atoms with Crippen molar-refractivity contribution in [2.75, 3.05) is 0 Å². The van der Waals surface area contributed by atoms with Gasteiger partial charge in [0, 0.05) is 17.3 Å². The lowest BCUT2D eigenvalue weighted by atomic mass is 10.2. The van der Waals surface area contributed by atoms with E-state index in [9.17, 15) is 10.1 Å². The molecule has 0 aliphatic heterocycles. The van der Waals surface area contributed by atoms with E-state index in [1.54, 1.807) is 37.4 Å². The van der Waals surface area contributed by atoms with Gasteiger partial charge in [0.25, 0.3) is 0 Å². The van der Waals surface area contributed by atoms with Gasteiger partial charge in [-0.05, 0) is 30.7 Å². The van der Waals surface area contributed by atoms with Gasteiger partial charge < -0.3 is 4.74 Å². The van der Waals surface area contributed by atoms with Gasteiger partial charge in [0.2, 0.25) is 0 Å². The van der Waals surface area contributed by atoms with E-state index in [2.05, 4.69) is 4.98 Å². The fraction of sp³-hybridized carbons (Fsp3) is 0.154. The number of halogens is 1. The zero-order chi connectivity index (χ0) is 13.8. The highest BCUT2D eigenvalue weighted by Crippen LogP contribution is 2.28. The smallest absolute Gasteiger partial charge is 0.311 e. The molecular formula is C13H11ClN2O3. The molecule has 5 nitrogen and oxygen atoms in total. The third-order valence-corrected chi connectivity index (χ3v) is 2.70. The number of ether oxygens (including phenoxy) is 1. The highest BCUT2D eigenvalue weighted by molar-refractivity contribution is 6.30. The van der Waals surface area contributed by atoms with E-state index in [1.165, 1.54) is 6.07 Å². The second-order valence-corrected chi connectivity index (χ2v) is 4.42. The molecule has 1 aromatic carbocycles. The summed E-state index contributed by atoms with van der Waals surface area (Å²) >= 11 is 5.83. The number of rotatable bonds is 4. The van der Waals surface area contributed by atoms with Crippen LogP contribution in [0.15, 0.2) is 36.5 Å². The molecule has 1 heterocycles. The van der Waals surface area contributed by atoms with Gasteiger partial charge in [-0.15, -0.1) is 0 Å². The number of nitro benzene ring substituents is 1. The molecular weight excluding hydrogens is 268 g/mol. The molecule has 98 valence electrons. The average molecular weight is 279 g/mol. The standard InChI is InChI=1S/C13H11ClN2O3/c1-9-2-3-13(12(6-9)16(17)18)19-8-11-7-10(14)4-5-15-11/h2-7H,8H2,1H3. The zero-order valence-corrected chi connectivity index (χ0v) is 10.9. The van der Waals surface area contributed by atoms with Crippen molar-refractivity contribution in [2.24, 2.45) is 0 Å². The van der Waals surface area contributed by atoms with Crippen molar-refractivity contribution >= 4 is 17.3 Å². The summed E-state index contributed by atoms with van der Waals surface area (Å²) < 4.78 is 5.43. The summed E-state index contributed by atoms with van der Waals surface area (Å²) in [5.41, 5.74) is 1.37. The van der Waals surface area contributed by atoms with Crippen LogP contribution >= 0.6 is 11.6 Å². The van der Waals surface area contributed by atoms with Gasteiger partial charge in [-0.3, -0.25) is 15.1 Å². The summed E-state index contributed by atoms with van der Waals surface area (Å²) in [6.07, 6.45) is 1.56. The molecule has 0 aliphatic rings. The Morgan fingerprint density at radius 3 is 2.84 bits per heavy atom. The van der Waals surface area contributed by atoms with Gasteiger partial charge >= 0.3 is 5.69 Å². The van der Waals surface area contributed by atoms with Crippen LogP contribution in [0, 0.1) is 17.0 Å². The van der Waals surface area contributed by atoms with Gasteiger partial charge in [0.15, 0.2) is 5.75 Å². The third kappa shape index (κ3) is 3.42. The van der Waals surface area contributed by atoms with Crippen molar-refractivity contribution in [1.29, 1.82) is 0 Å². The number of nitro groups is 1. The predicted molar refractivity (Wildman–Crippen MR) is 71.4 cm³/mol. The summed E-state index contributed by atoms with van der Waals surface area (Å²) in [4.78, 5) is 14.5. The van der Waals surface area contributed by atoms with Crippen molar-refractivity contribution in [3.8, 4) is 5.75 Å². The minimum Gasteiger partial charge on any atom is -0.480 e. The van der Waals surface area contributed by atoms with Gasteiger partial charge in [0.05, 0.1) is 10.6 Å². The lowest BCUT2D eigenvalue weighted by molar-refractivity contribution is -0.386. The molecule has 2 aromatic rings. The number of pyridine rings is 1. The van der Waals surface area contributed by atoms with E-state index >= 15 is 0 Å². The summed E-state index contributed by atoms with van der Waals surface area (Å²) in [6.45, 7) is 1.92. The largest absolute Gasteiger partial charge is 0.480 e. The van der Waals surface area contributed by atoms with Crippen molar-refractivity contribution in [1.82, 2.24) is 4.98 Å². The maximum atomic E-state index is 10.9. The van der Waals surface area contributed by atoms with E-state index in [0.717, 1.165) is 5.56 Å². The lowest BCUT2D eigenvalue weighted by Crippen LogP contribution is -2.01. The Morgan fingerprint density at radius 2 is 2.16 bits per heavy atom. The van der Waals surface area contributed by atoms with Crippen molar-refractivity contribution in [3.63, 3.8) is 0 Å². The molecule has 1 aromatic heterocycles. The molecule has 0 atom stereocenters. The van der Waals surface area contributed by atoms with Crippen LogP contribution in [-0.2, 0) is 6.61 Å². The first-order valence-electron chi connectivity index (χ1n) is 5.54. The van der Waals surface area contributed by atoms with Crippen molar-refractivity contribution in [3.05, 3.63) is 62.9 Å². The maximum absolute atomic E-state index is 10.9. The Balaban J connectivity index is 2.17. The van der Waals surface area contributed by atoms with E-state index in [1.807, 2.05) is 0 Å². The molecule has 2 rings (SSSR count). The summed E-state index contributed by atoms with van der Waals surface area (Å²) in [5.74, 6) is 0.220. The Bertz CT molecular complexity index is 617. The maximum Gasteiger partial charge on any atom is 0.311 e. The predicted octanol–water partition coefficient (Wildman–Crippen LogP) is 3.53. The molecule has 0 fully saturated rings. The number of hydrogen-bond acceptors (Lipinski definition) is 4. The number of aromatic nitrogens is 1. The first-order chi connectivity index (χ1) is 9.06. The van der Waals surface area contributed by atoms with Crippen molar-refractivity contribution < 1.29 is 9.66 Å². The minimum absolute atomic E-state index is 0.0537. The summed E-state index contributed by atoms with van der Waals surface area (Å²) in [7, 11) is 0. The average Bonchev–Trinajstić information content (AvgIpc) is 2.37. The molecule has 0 bridgehead atoms. The number of nitrogens with zero attached hydrogens (tertiary/aromatic N) is 2. The van der Waals surface area contributed by atoms with Crippen LogP contribution in [-0.4, -0.2) is 9.91 Å². The quantitative estimate of drug-likeness (QED) is 0.634. The molecule has 0 saturated carbocycles.